The minimum atomic E-state index is -1.06. The van der Waals surface area contributed by atoms with Gasteiger partial charge in [-0.1, -0.05) is 11.6 Å². The van der Waals surface area contributed by atoms with Crippen LogP contribution in [0.2, 0.25) is 5.15 Å². The maximum Gasteiger partial charge on any atom is 0.323 e. The zero-order chi connectivity index (χ0) is 11.4. The fraction of sp³-hybridized carbons (Fsp3) is 0.222. The van der Waals surface area contributed by atoms with Crippen LogP contribution in [-0.2, 0) is 4.79 Å². The number of amides is 1. The first-order chi connectivity index (χ1) is 7.00. The van der Waals surface area contributed by atoms with Crippen molar-refractivity contribution in [2.24, 2.45) is 0 Å². The van der Waals surface area contributed by atoms with E-state index in [1.54, 1.807) is 0 Å². The number of aliphatic carboxylic acids is 1. The molecule has 0 atom stereocenters. The lowest BCUT2D eigenvalue weighted by Crippen LogP contribution is -2.31. The second-order valence-corrected chi connectivity index (χ2v) is 3.31. The Morgan fingerprint density at radius 1 is 1.60 bits per heavy atom. The highest BCUT2D eigenvalue weighted by molar-refractivity contribution is 6.29. The molecule has 6 heteroatoms. The normalized spacial score (nSPS) is 9.73. The van der Waals surface area contributed by atoms with Crippen LogP contribution in [0.25, 0.3) is 0 Å². The number of pyridine rings is 1. The SMILES string of the molecule is CN(CC(=O)O)C(=O)c1ccnc(Cl)c1. The third kappa shape index (κ3) is 3.21. The predicted octanol–water partition coefficient (Wildman–Crippen LogP) is 0.892. The standard InChI is InChI=1S/C9H9ClN2O3/c1-12(5-8(13)14)9(15)6-2-3-11-7(10)4-6/h2-4H,5H2,1H3,(H,13,14). The molecule has 0 radical (unpaired) electrons. The molecule has 80 valence electrons. The highest BCUT2D eigenvalue weighted by atomic mass is 35.5. The van der Waals surface area contributed by atoms with Gasteiger partial charge in [-0.2, -0.15) is 0 Å². The average Bonchev–Trinajstić information content (AvgIpc) is 2.15. The van der Waals surface area contributed by atoms with Crippen molar-refractivity contribution in [3.05, 3.63) is 29.0 Å². The average molecular weight is 229 g/mol. The van der Waals surface area contributed by atoms with Crippen LogP contribution in [0.1, 0.15) is 10.4 Å². The lowest BCUT2D eigenvalue weighted by Gasteiger charge is -2.14. The fourth-order valence-corrected chi connectivity index (χ4v) is 1.20. The van der Waals surface area contributed by atoms with Crippen LogP contribution in [0, 0.1) is 0 Å². The molecular formula is C9H9ClN2O3. The zero-order valence-corrected chi connectivity index (χ0v) is 8.73. The molecule has 0 aliphatic rings. The number of halogens is 1. The number of likely N-dealkylation sites (N-methyl/N-ethyl adjacent to an activating group) is 1. The molecule has 0 aliphatic heterocycles. The minimum Gasteiger partial charge on any atom is -0.480 e. The van der Waals surface area contributed by atoms with E-state index in [-0.39, 0.29) is 11.7 Å². The van der Waals surface area contributed by atoms with Crippen LogP contribution in [-0.4, -0.2) is 40.5 Å². The predicted molar refractivity (Wildman–Crippen MR) is 53.8 cm³/mol. The van der Waals surface area contributed by atoms with Crippen molar-refractivity contribution in [2.75, 3.05) is 13.6 Å². The summed E-state index contributed by atoms with van der Waals surface area (Å²) >= 11 is 5.60. The summed E-state index contributed by atoms with van der Waals surface area (Å²) in [4.78, 5) is 26.8. The van der Waals surface area contributed by atoms with Crippen molar-refractivity contribution < 1.29 is 14.7 Å². The lowest BCUT2D eigenvalue weighted by molar-refractivity contribution is -0.137. The second-order valence-electron chi connectivity index (χ2n) is 2.92. The summed E-state index contributed by atoms with van der Waals surface area (Å²) in [5, 5.41) is 8.70. The number of carboxylic acids is 1. The van der Waals surface area contributed by atoms with E-state index in [0.717, 1.165) is 4.90 Å². The number of hydrogen-bond donors (Lipinski definition) is 1. The van der Waals surface area contributed by atoms with E-state index in [1.807, 2.05) is 0 Å². The van der Waals surface area contributed by atoms with E-state index in [9.17, 15) is 9.59 Å². The van der Waals surface area contributed by atoms with Gasteiger partial charge in [0.15, 0.2) is 0 Å². The van der Waals surface area contributed by atoms with Gasteiger partial charge in [0, 0.05) is 18.8 Å². The number of nitrogens with zero attached hydrogens (tertiary/aromatic N) is 2. The van der Waals surface area contributed by atoms with Crippen LogP contribution in [0.4, 0.5) is 0 Å². The first-order valence-corrected chi connectivity index (χ1v) is 4.47. The van der Waals surface area contributed by atoms with Crippen LogP contribution in [0.5, 0.6) is 0 Å². The number of hydrogen-bond acceptors (Lipinski definition) is 3. The van der Waals surface area contributed by atoms with Gasteiger partial charge in [-0.15, -0.1) is 0 Å². The number of carboxylic acid groups (broad SMARTS) is 1. The molecule has 1 heterocycles. The van der Waals surface area contributed by atoms with Crippen LogP contribution < -0.4 is 0 Å². The Morgan fingerprint density at radius 2 is 2.27 bits per heavy atom. The first-order valence-electron chi connectivity index (χ1n) is 4.09. The zero-order valence-electron chi connectivity index (χ0n) is 7.98. The van der Waals surface area contributed by atoms with Crippen molar-refractivity contribution in [3.63, 3.8) is 0 Å². The van der Waals surface area contributed by atoms with E-state index in [0.29, 0.717) is 5.56 Å². The summed E-state index contributed by atoms with van der Waals surface area (Å²) < 4.78 is 0. The molecule has 1 amide bonds. The van der Waals surface area contributed by atoms with Crippen molar-refractivity contribution in [1.82, 2.24) is 9.88 Å². The van der Waals surface area contributed by atoms with Gasteiger partial charge in [-0.05, 0) is 12.1 Å². The van der Waals surface area contributed by atoms with E-state index in [4.69, 9.17) is 16.7 Å². The highest BCUT2D eigenvalue weighted by Gasteiger charge is 2.14. The summed E-state index contributed by atoms with van der Waals surface area (Å²) in [6, 6.07) is 2.87. The fourth-order valence-electron chi connectivity index (χ4n) is 1.03. The largest absolute Gasteiger partial charge is 0.480 e. The van der Waals surface area contributed by atoms with E-state index in [1.165, 1.54) is 25.4 Å². The Hall–Kier alpha value is -1.62. The maximum atomic E-state index is 11.6. The number of aromatic nitrogens is 1. The highest BCUT2D eigenvalue weighted by Crippen LogP contribution is 2.08. The molecule has 0 bridgehead atoms. The Morgan fingerprint density at radius 3 is 2.80 bits per heavy atom. The molecule has 1 aromatic heterocycles. The quantitative estimate of drug-likeness (QED) is 0.780. The topological polar surface area (TPSA) is 70.5 Å². The minimum absolute atomic E-state index is 0.199. The molecule has 5 nitrogen and oxygen atoms in total. The number of carbonyl (C=O) groups is 2. The molecule has 0 fully saturated rings. The Kier molecular flexibility index (Phi) is 3.62. The van der Waals surface area contributed by atoms with Gasteiger partial charge in [-0.25, -0.2) is 4.98 Å². The van der Waals surface area contributed by atoms with Crippen LogP contribution in [0.15, 0.2) is 18.3 Å². The summed E-state index contributed by atoms with van der Waals surface area (Å²) in [6.45, 7) is -0.348. The number of carbonyl (C=O) groups excluding carboxylic acids is 1. The summed E-state index contributed by atoms with van der Waals surface area (Å²) in [6.07, 6.45) is 1.39. The third-order valence-corrected chi connectivity index (χ3v) is 1.90. The third-order valence-electron chi connectivity index (χ3n) is 1.69. The van der Waals surface area contributed by atoms with E-state index >= 15 is 0 Å². The van der Waals surface area contributed by atoms with Gasteiger partial charge in [0.25, 0.3) is 5.91 Å². The van der Waals surface area contributed by atoms with Gasteiger partial charge >= 0.3 is 5.97 Å². The molecule has 0 saturated carbocycles. The first kappa shape index (κ1) is 11.5. The van der Waals surface area contributed by atoms with Crippen molar-refractivity contribution in [1.29, 1.82) is 0 Å². The van der Waals surface area contributed by atoms with Gasteiger partial charge in [0.1, 0.15) is 11.7 Å². The molecule has 1 N–H and O–H groups in total. The lowest BCUT2D eigenvalue weighted by atomic mass is 10.2. The molecule has 0 saturated heterocycles. The van der Waals surface area contributed by atoms with Crippen molar-refractivity contribution in [2.45, 2.75) is 0 Å². The Balaban J connectivity index is 2.80. The molecule has 0 spiro atoms. The Labute approximate surface area is 91.3 Å². The molecular weight excluding hydrogens is 220 g/mol. The monoisotopic (exact) mass is 228 g/mol. The molecule has 0 aromatic carbocycles. The van der Waals surface area contributed by atoms with Crippen molar-refractivity contribution >= 4 is 23.5 Å². The smallest absolute Gasteiger partial charge is 0.323 e. The van der Waals surface area contributed by atoms with Gasteiger partial charge in [0.2, 0.25) is 0 Å². The van der Waals surface area contributed by atoms with E-state index in [2.05, 4.69) is 4.98 Å². The molecule has 15 heavy (non-hydrogen) atoms. The molecule has 0 unspecified atom stereocenters. The van der Waals surface area contributed by atoms with Gasteiger partial charge in [-0.3, -0.25) is 9.59 Å². The molecule has 1 rings (SSSR count). The van der Waals surface area contributed by atoms with Crippen molar-refractivity contribution in [3.8, 4) is 0 Å². The van der Waals surface area contributed by atoms with Crippen LogP contribution in [0.3, 0.4) is 0 Å². The van der Waals surface area contributed by atoms with Crippen LogP contribution >= 0.6 is 11.6 Å². The van der Waals surface area contributed by atoms with Gasteiger partial charge in [0.05, 0.1) is 0 Å². The Bertz CT molecular complexity index is 395. The summed E-state index contributed by atoms with van der Waals surface area (Å²) in [5.41, 5.74) is 0.318. The number of rotatable bonds is 3. The maximum absolute atomic E-state index is 11.6. The molecule has 1 aromatic rings. The van der Waals surface area contributed by atoms with E-state index < -0.39 is 11.9 Å². The summed E-state index contributed by atoms with van der Waals surface area (Å²) in [5.74, 6) is -1.47. The second kappa shape index (κ2) is 4.75. The van der Waals surface area contributed by atoms with Gasteiger partial charge < -0.3 is 10.0 Å². The summed E-state index contributed by atoms with van der Waals surface area (Å²) in [7, 11) is 1.41. The molecule has 0 aliphatic carbocycles.